The number of nitrogens with one attached hydrogen (secondary N) is 1. The van der Waals surface area contributed by atoms with E-state index in [1.54, 1.807) is 30.2 Å². The normalized spacial score (nSPS) is 12.6. The van der Waals surface area contributed by atoms with E-state index in [0.29, 0.717) is 28.8 Å². The smallest absolute Gasteiger partial charge is 0.247 e. The second kappa shape index (κ2) is 12.0. The second-order valence-electron chi connectivity index (χ2n) is 8.57. The van der Waals surface area contributed by atoms with Crippen molar-refractivity contribution in [2.45, 2.75) is 44.9 Å². The summed E-state index contributed by atoms with van der Waals surface area (Å²) < 4.78 is 16.0. The molecule has 10 heteroatoms. The van der Waals surface area contributed by atoms with E-state index in [0.717, 1.165) is 22.7 Å². The van der Waals surface area contributed by atoms with Crippen LogP contribution in [0, 0.1) is 13.8 Å². The SMILES string of the molecule is CCC(C(=O)Nc1ccc2c(c1)OCO2)N(Cc1ccc(OC)cc1)C(=O)CSc1nc(C)cc(C)n1. The molecule has 1 aliphatic rings. The minimum Gasteiger partial charge on any atom is -0.497 e. The van der Waals surface area contributed by atoms with Crippen molar-refractivity contribution in [2.75, 3.05) is 25.0 Å². The van der Waals surface area contributed by atoms with Gasteiger partial charge in [0.1, 0.15) is 11.8 Å². The van der Waals surface area contributed by atoms with Gasteiger partial charge in [0.25, 0.3) is 0 Å². The number of carbonyl (C=O) groups excluding carboxylic acids is 2. The van der Waals surface area contributed by atoms with Gasteiger partial charge < -0.3 is 24.4 Å². The number of ether oxygens (including phenoxy) is 3. The largest absolute Gasteiger partial charge is 0.497 e. The lowest BCUT2D eigenvalue weighted by molar-refractivity contribution is -0.137. The van der Waals surface area contributed by atoms with Crippen LogP contribution in [-0.2, 0) is 16.1 Å². The fraction of sp³-hybridized carbons (Fsp3) is 0.333. The summed E-state index contributed by atoms with van der Waals surface area (Å²) in [5.74, 6) is 1.56. The molecule has 194 valence electrons. The number of fused-ring (bicyclic) bond motifs is 1. The van der Waals surface area contributed by atoms with Gasteiger partial charge in [-0.25, -0.2) is 9.97 Å². The molecule has 9 nitrogen and oxygen atoms in total. The fourth-order valence-corrected chi connectivity index (χ4v) is 4.85. The van der Waals surface area contributed by atoms with Gasteiger partial charge in [-0.1, -0.05) is 30.8 Å². The molecule has 0 saturated heterocycles. The molecule has 0 radical (unpaired) electrons. The van der Waals surface area contributed by atoms with Crippen molar-refractivity contribution in [1.29, 1.82) is 0 Å². The molecule has 1 N–H and O–H groups in total. The first-order valence-electron chi connectivity index (χ1n) is 11.9. The number of carbonyl (C=O) groups is 2. The van der Waals surface area contributed by atoms with Gasteiger partial charge in [-0.2, -0.15) is 0 Å². The van der Waals surface area contributed by atoms with Crippen molar-refractivity contribution >= 4 is 29.3 Å². The monoisotopic (exact) mass is 522 g/mol. The van der Waals surface area contributed by atoms with Crippen LogP contribution in [0.25, 0.3) is 0 Å². The van der Waals surface area contributed by atoms with E-state index in [4.69, 9.17) is 14.2 Å². The molecule has 1 aliphatic heterocycles. The Kier molecular flexibility index (Phi) is 8.50. The molecule has 1 aromatic heterocycles. The van der Waals surface area contributed by atoms with Gasteiger partial charge in [-0.15, -0.1) is 0 Å². The number of nitrogens with zero attached hydrogens (tertiary/aromatic N) is 3. The van der Waals surface area contributed by atoms with Crippen molar-refractivity contribution in [1.82, 2.24) is 14.9 Å². The summed E-state index contributed by atoms with van der Waals surface area (Å²) >= 11 is 1.26. The number of hydrogen-bond acceptors (Lipinski definition) is 8. The van der Waals surface area contributed by atoms with Crippen LogP contribution in [0.5, 0.6) is 17.2 Å². The van der Waals surface area contributed by atoms with Crippen LogP contribution in [0.2, 0.25) is 0 Å². The molecule has 0 bridgehead atoms. The molecule has 2 amide bonds. The number of thioether (sulfide) groups is 1. The molecule has 0 spiro atoms. The van der Waals surface area contributed by atoms with Gasteiger partial charge in [0, 0.05) is 29.7 Å². The molecule has 3 aromatic rings. The van der Waals surface area contributed by atoms with Crippen LogP contribution < -0.4 is 19.5 Å². The molecule has 0 fully saturated rings. The van der Waals surface area contributed by atoms with Gasteiger partial charge in [0.15, 0.2) is 16.7 Å². The molecule has 37 heavy (non-hydrogen) atoms. The van der Waals surface area contributed by atoms with Crippen LogP contribution >= 0.6 is 11.8 Å². The van der Waals surface area contributed by atoms with E-state index in [1.165, 1.54) is 11.8 Å². The Hall–Kier alpha value is -3.79. The molecule has 2 aromatic carbocycles. The molecular formula is C27H30N4O5S. The highest BCUT2D eigenvalue weighted by Gasteiger charge is 2.29. The highest BCUT2D eigenvalue weighted by molar-refractivity contribution is 7.99. The maximum Gasteiger partial charge on any atom is 0.247 e. The number of benzene rings is 2. The number of aromatic nitrogens is 2. The fourth-order valence-electron chi connectivity index (χ4n) is 4.01. The zero-order valence-electron chi connectivity index (χ0n) is 21.3. The molecule has 0 saturated carbocycles. The van der Waals surface area contributed by atoms with Crippen LogP contribution in [0.1, 0.15) is 30.3 Å². The minimum atomic E-state index is -0.694. The molecule has 2 heterocycles. The quantitative estimate of drug-likeness (QED) is 0.309. The van der Waals surface area contributed by atoms with Gasteiger partial charge in [0.05, 0.1) is 12.9 Å². The van der Waals surface area contributed by atoms with Gasteiger partial charge in [-0.3, -0.25) is 9.59 Å². The standard InChI is InChI=1S/C27H30N4O5S/c1-5-22(26(33)30-20-8-11-23-24(13-20)36-16-35-23)31(14-19-6-9-21(34-4)10-7-19)25(32)15-37-27-28-17(2)12-18(3)29-27/h6-13,22H,5,14-16H2,1-4H3,(H,30,33). The lowest BCUT2D eigenvalue weighted by Gasteiger charge is -2.30. The Labute approximate surface area is 220 Å². The van der Waals surface area contributed by atoms with E-state index in [9.17, 15) is 9.59 Å². The molecule has 1 unspecified atom stereocenters. The van der Waals surface area contributed by atoms with E-state index in [1.807, 2.05) is 51.1 Å². The van der Waals surface area contributed by atoms with E-state index >= 15 is 0 Å². The number of rotatable bonds is 10. The number of aryl methyl sites for hydroxylation is 2. The maximum absolute atomic E-state index is 13.5. The predicted molar refractivity (Wildman–Crippen MR) is 141 cm³/mol. The first-order chi connectivity index (χ1) is 17.9. The maximum atomic E-state index is 13.5. The third-order valence-corrected chi connectivity index (χ3v) is 6.66. The van der Waals surface area contributed by atoms with Gasteiger partial charge >= 0.3 is 0 Å². The first-order valence-corrected chi connectivity index (χ1v) is 12.9. The summed E-state index contributed by atoms with van der Waals surface area (Å²) in [6, 6.07) is 13.9. The van der Waals surface area contributed by atoms with Crippen molar-refractivity contribution in [3.63, 3.8) is 0 Å². The van der Waals surface area contributed by atoms with E-state index in [-0.39, 0.29) is 30.9 Å². The molecular weight excluding hydrogens is 492 g/mol. The zero-order valence-corrected chi connectivity index (χ0v) is 22.1. The summed E-state index contributed by atoms with van der Waals surface area (Å²) in [7, 11) is 1.60. The van der Waals surface area contributed by atoms with Gasteiger partial charge in [0.2, 0.25) is 18.6 Å². The number of anilines is 1. The molecule has 1 atom stereocenters. The topological polar surface area (TPSA) is 103 Å². The Balaban J connectivity index is 1.53. The lowest BCUT2D eigenvalue weighted by Crippen LogP contribution is -2.47. The van der Waals surface area contributed by atoms with Gasteiger partial charge in [-0.05, 0) is 56.2 Å². The summed E-state index contributed by atoms with van der Waals surface area (Å²) in [6.45, 7) is 6.09. The molecule has 0 aliphatic carbocycles. The summed E-state index contributed by atoms with van der Waals surface area (Å²) in [5.41, 5.74) is 3.14. The van der Waals surface area contributed by atoms with Crippen molar-refractivity contribution in [3.05, 3.63) is 65.5 Å². The van der Waals surface area contributed by atoms with Crippen LogP contribution in [0.3, 0.4) is 0 Å². The number of methoxy groups -OCH3 is 1. The van der Waals surface area contributed by atoms with Crippen LogP contribution in [0.15, 0.2) is 53.7 Å². The van der Waals surface area contributed by atoms with Crippen molar-refractivity contribution in [2.24, 2.45) is 0 Å². The summed E-state index contributed by atoms with van der Waals surface area (Å²) in [6.07, 6.45) is 0.434. The predicted octanol–water partition coefficient (Wildman–Crippen LogP) is 4.37. The summed E-state index contributed by atoms with van der Waals surface area (Å²) in [5, 5.41) is 3.47. The number of hydrogen-bond donors (Lipinski definition) is 1. The Morgan fingerprint density at radius 1 is 1.05 bits per heavy atom. The third-order valence-electron chi connectivity index (χ3n) is 5.82. The van der Waals surface area contributed by atoms with E-state index in [2.05, 4.69) is 15.3 Å². The first kappa shape index (κ1) is 26.3. The highest BCUT2D eigenvalue weighted by atomic mass is 32.2. The average Bonchev–Trinajstić information content (AvgIpc) is 3.35. The molecule has 4 rings (SSSR count). The van der Waals surface area contributed by atoms with Crippen LogP contribution in [0.4, 0.5) is 5.69 Å². The minimum absolute atomic E-state index is 0.104. The Morgan fingerprint density at radius 3 is 2.43 bits per heavy atom. The summed E-state index contributed by atoms with van der Waals surface area (Å²) in [4.78, 5) is 37.4. The number of amides is 2. The van der Waals surface area contributed by atoms with E-state index < -0.39 is 6.04 Å². The third kappa shape index (κ3) is 6.71. The Bertz CT molecular complexity index is 1250. The second-order valence-corrected chi connectivity index (χ2v) is 9.52. The van der Waals surface area contributed by atoms with Crippen molar-refractivity contribution in [3.8, 4) is 17.2 Å². The van der Waals surface area contributed by atoms with Crippen molar-refractivity contribution < 1.29 is 23.8 Å². The zero-order chi connectivity index (χ0) is 26.4. The Morgan fingerprint density at radius 2 is 1.76 bits per heavy atom. The highest BCUT2D eigenvalue weighted by Crippen LogP contribution is 2.34. The lowest BCUT2D eigenvalue weighted by atomic mass is 10.1. The average molecular weight is 523 g/mol. The van der Waals surface area contributed by atoms with Crippen LogP contribution in [-0.4, -0.2) is 52.4 Å².